The summed E-state index contributed by atoms with van der Waals surface area (Å²) in [6, 6.07) is 5.80. The van der Waals surface area contributed by atoms with Crippen LogP contribution in [-0.2, 0) is 6.42 Å². The molecule has 1 aromatic rings. The summed E-state index contributed by atoms with van der Waals surface area (Å²) in [4.78, 5) is 0. The summed E-state index contributed by atoms with van der Waals surface area (Å²) in [5.74, 6) is 0. The number of nitrogens with one attached hydrogen (secondary N) is 2. The van der Waals surface area contributed by atoms with E-state index in [4.69, 9.17) is 23.2 Å². The Morgan fingerprint density at radius 2 is 1.65 bits per heavy atom. The maximum atomic E-state index is 5.95. The zero-order chi connectivity index (χ0) is 12.5. The summed E-state index contributed by atoms with van der Waals surface area (Å²) in [5, 5.41) is 7.99. The van der Waals surface area contributed by atoms with Crippen molar-refractivity contribution >= 4 is 23.2 Å². The molecule has 0 aliphatic rings. The van der Waals surface area contributed by atoms with Gasteiger partial charge in [-0.2, -0.15) is 0 Å². The Kier molecular flexibility index (Phi) is 7.62. The Morgan fingerprint density at radius 3 is 2.29 bits per heavy atom. The zero-order valence-electron chi connectivity index (χ0n) is 10.2. The van der Waals surface area contributed by atoms with Crippen LogP contribution in [0.2, 0.25) is 10.0 Å². The van der Waals surface area contributed by atoms with Crippen molar-refractivity contribution in [3.63, 3.8) is 0 Å². The number of halogens is 2. The van der Waals surface area contributed by atoms with E-state index in [0.717, 1.165) is 32.6 Å². The monoisotopic (exact) mass is 274 g/mol. The molecular weight excluding hydrogens is 255 g/mol. The fourth-order valence-electron chi connectivity index (χ4n) is 1.53. The van der Waals surface area contributed by atoms with E-state index < -0.39 is 0 Å². The molecule has 4 heteroatoms. The molecule has 96 valence electrons. The molecule has 0 aromatic heterocycles. The standard InChI is InChI=1S/C13H20Cl2N2/c1-2-6-16-8-9-17-7-5-11-3-4-12(14)13(15)10-11/h3-4,10,16-17H,2,5-9H2,1H3. The van der Waals surface area contributed by atoms with E-state index in [0.29, 0.717) is 10.0 Å². The fourth-order valence-corrected chi connectivity index (χ4v) is 1.85. The van der Waals surface area contributed by atoms with Gasteiger partial charge in [-0.3, -0.25) is 0 Å². The molecule has 0 unspecified atom stereocenters. The van der Waals surface area contributed by atoms with Gasteiger partial charge in [0.05, 0.1) is 10.0 Å². The second-order valence-corrected chi connectivity index (χ2v) is 4.81. The highest BCUT2D eigenvalue weighted by Gasteiger charge is 1.99. The van der Waals surface area contributed by atoms with Gasteiger partial charge in [-0.1, -0.05) is 36.2 Å². The molecule has 2 N–H and O–H groups in total. The molecule has 2 nitrogen and oxygen atoms in total. The van der Waals surface area contributed by atoms with Crippen LogP contribution in [0.1, 0.15) is 18.9 Å². The van der Waals surface area contributed by atoms with Gasteiger partial charge in [0.25, 0.3) is 0 Å². The first-order valence-electron chi connectivity index (χ1n) is 6.09. The lowest BCUT2D eigenvalue weighted by Crippen LogP contribution is -2.29. The van der Waals surface area contributed by atoms with E-state index in [1.165, 1.54) is 12.0 Å². The Hall–Kier alpha value is -0.280. The van der Waals surface area contributed by atoms with Crippen molar-refractivity contribution in [1.29, 1.82) is 0 Å². The second-order valence-electron chi connectivity index (χ2n) is 4.00. The van der Waals surface area contributed by atoms with Gasteiger partial charge >= 0.3 is 0 Å². The van der Waals surface area contributed by atoms with Crippen molar-refractivity contribution in [2.24, 2.45) is 0 Å². The van der Waals surface area contributed by atoms with Crippen LogP contribution >= 0.6 is 23.2 Å². The van der Waals surface area contributed by atoms with E-state index in [2.05, 4.69) is 17.6 Å². The third-order valence-electron chi connectivity index (χ3n) is 2.48. The number of hydrogen-bond donors (Lipinski definition) is 2. The van der Waals surface area contributed by atoms with Gasteiger partial charge in [-0.25, -0.2) is 0 Å². The molecule has 0 aliphatic carbocycles. The third kappa shape index (κ3) is 6.27. The summed E-state index contributed by atoms with van der Waals surface area (Å²) in [7, 11) is 0. The molecule has 1 rings (SSSR count). The minimum atomic E-state index is 0.618. The van der Waals surface area contributed by atoms with Crippen molar-refractivity contribution in [3.05, 3.63) is 33.8 Å². The van der Waals surface area contributed by atoms with E-state index >= 15 is 0 Å². The molecule has 0 radical (unpaired) electrons. The number of rotatable bonds is 8. The van der Waals surface area contributed by atoms with Gasteiger partial charge in [0.1, 0.15) is 0 Å². The van der Waals surface area contributed by atoms with Crippen molar-refractivity contribution in [3.8, 4) is 0 Å². The van der Waals surface area contributed by atoms with E-state index in [9.17, 15) is 0 Å². The molecule has 0 amide bonds. The average molecular weight is 275 g/mol. The number of benzene rings is 1. The molecule has 0 saturated heterocycles. The van der Waals surface area contributed by atoms with Gasteiger partial charge in [-0.05, 0) is 43.6 Å². The third-order valence-corrected chi connectivity index (χ3v) is 3.22. The van der Waals surface area contributed by atoms with Gasteiger partial charge in [-0.15, -0.1) is 0 Å². The second kappa shape index (κ2) is 8.76. The van der Waals surface area contributed by atoms with Gasteiger partial charge < -0.3 is 10.6 Å². The van der Waals surface area contributed by atoms with Crippen molar-refractivity contribution in [2.75, 3.05) is 26.2 Å². The van der Waals surface area contributed by atoms with Crippen molar-refractivity contribution in [1.82, 2.24) is 10.6 Å². The highest BCUT2D eigenvalue weighted by molar-refractivity contribution is 6.42. The van der Waals surface area contributed by atoms with Crippen LogP contribution in [0.3, 0.4) is 0 Å². The van der Waals surface area contributed by atoms with Crippen LogP contribution in [0.15, 0.2) is 18.2 Å². The van der Waals surface area contributed by atoms with Crippen LogP contribution in [-0.4, -0.2) is 26.2 Å². The van der Waals surface area contributed by atoms with Crippen LogP contribution < -0.4 is 10.6 Å². The predicted molar refractivity (Wildman–Crippen MR) is 76.2 cm³/mol. The predicted octanol–water partition coefficient (Wildman–Crippen LogP) is 3.13. The van der Waals surface area contributed by atoms with Crippen LogP contribution in [0.25, 0.3) is 0 Å². The molecule has 0 saturated carbocycles. The molecule has 0 bridgehead atoms. The lowest BCUT2D eigenvalue weighted by atomic mass is 10.1. The minimum Gasteiger partial charge on any atom is -0.315 e. The Labute approximate surface area is 114 Å². The fraction of sp³-hybridized carbons (Fsp3) is 0.538. The highest BCUT2D eigenvalue weighted by atomic mass is 35.5. The largest absolute Gasteiger partial charge is 0.315 e. The molecule has 1 aromatic carbocycles. The summed E-state index contributed by atoms with van der Waals surface area (Å²) in [6.45, 7) is 6.25. The van der Waals surface area contributed by atoms with Crippen LogP contribution in [0, 0.1) is 0 Å². The first-order valence-corrected chi connectivity index (χ1v) is 6.85. The van der Waals surface area contributed by atoms with Gasteiger partial charge in [0.2, 0.25) is 0 Å². The Bertz CT molecular complexity index is 329. The normalized spacial score (nSPS) is 10.8. The summed E-state index contributed by atoms with van der Waals surface area (Å²) in [6.07, 6.45) is 2.16. The molecule has 0 heterocycles. The lowest BCUT2D eigenvalue weighted by molar-refractivity contribution is 0.607. The minimum absolute atomic E-state index is 0.618. The topological polar surface area (TPSA) is 24.1 Å². The highest BCUT2D eigenvalue weighted by Crippen LogP contribution is 2.22. The molecule has 0 spiro atoms. The zero-order valence-corrected chi connectivity index (χ0v) is 11.7. The van der Waals surface area contributed by atoms with E-state index in [-0.39, 0.29) is 0 Å². The summed E-state index contributed by atoms with van der Waals surface area (Å²) in [5.41, 5.74) is 1.22. The molecule has 0 aliphatic heterocycles. The first-order chi connectivity index (χ1) is 8.24. The molecular formula is C13H20Cl2N2. The summed E-state index contributed by atoms with van der Waals surface area (Å²) >= 11 is 11.8. The average Bonchev–Trinajstić information content (AvgIpc) is 2.32. The first kappa shape index (κ1) is 14.8. The molecule has 0 atom stereocenters. The Morgan fingerprint density at radius 1 is 0.941 bits per heavy atom. The smallest absolute Gasteiger partial charge is 0.0595 e. The van der Waals surface area contributed by atoms with Gasteiger partial charge in [0.15, 0.2) is 0 Å². The lowest BCUT2D eigenvalue weighted by Gasteiger charge is -2.06. The van der Waals surface area contributed by atoms with E-state index in [1.54, 1.807) is 0 Å². The SMILES string of the molecule is CCCNCCNCCc1ccc(Cl)c(Cl)c1. The molecule has 17 heavy (non-hydrogen) atoms. The van der Waals surface area contributed by atoms with E-state index in [1.807, 2.05) is 18.2 Å². The summed E-state index contributed by atoms with van der Waals surface area (Å²) < 4.78 is 0. The van der Waals surface area contributed by atoms with Crippen LogP contribution in [0.5, 0.6) is 0 Å². The van der Waals surface area contributed by atoms with Crippen LogP contribution in [0.4, 0.5) is 0 Å². The maximum Gasteiger partial charge on any atom is 0.0595 e. The quantitative estimate of drug-likeness (QED) is 0.712. The maximum absolute atomic E-state index is 5.95. The van der Waals surface area contributed by atoms with Gasteiger partial charge in [0, 0.05) is 13.1 Å². The van der Waals surface area contributed by atoms with Crippen molar-refractivity contribution in [2.45, 2.75) is 19.8 Å². The number of hydrogen-bond acceptors (Lipinski definition) is 2. The Balaban J connectivity index is 2.11. The molecule has 0 fully saturated rings. The van der Waals surface area contributed by atoms with Crippen molar-refractivity contribution < 1.29 is 0 Å².